The Balaban J connectivity index is 2.59. The van der Waals surface area contributed by atoms with Crippen LogP contribution in [0.3, 0.4) is 0 Å². The SMILES string of the molecule is CCCn1cc(Br)cc1C(=O)NCC(O)CC(C)(C)C. The van der Waals surface area contributed by atoms with Crippen molar-refractivity contribution in [2.75, 3.05) is 6.54 Å². The predicted octanol–water partition coefficient (Wildman–Crippen LogP) is 3.19. The molecule has 1 rings (SSSR count). The highest BCUT2D eigenvalue weighted by molar-refractivity contribution is 9.10. The Kier molecular flexibility index (Phi) is 6.27. The van der Waals surface area contributed by atoms with Crippen molar-refractivity contribution in [1.29, 1.82) is 0 Å². The molecule has 1 unspecified atom stereocenters. The summed E-state index contributed by atoms with van der Waals surface area (Å²) in [5, 5.41) is 12.7. The van der Waals surface area contributed by atoms with Crippen LogP contribution in [-0.4, -0.2) is 28.2 Å². The summed E-state index contributed by atoms with van der Waals surface area (Å²) in [6, 6.07) is 1.81. The molecule has 1 atom stereocenters. The third-order valence-electron chi connectivity index (χ3n) is 2.91. The smallest absolute Gasteiger partial charge is 0.268 e. The Morgan fingerprint density at radius 2 is 2.15 bits per heavy atom. The van der Waals surface area contributed by atoms with Gasteiger partial charge in [0, 0.05) is 23.8 Å². The van der Waals surface area contributed by atoms with Crippen molar-refractivity contribution >= 4 is 21.8 Å². The molecule has 2 N–H and O–H groups in total. The molecule has 0 fully saturated rings. The highest BCUT2D eigenvalue weighted by Crippen LogP contribution is 2.20. The van der Waals surface area contributed by atoms with Crippen molar-refractivity contribution in [3.63, 3.8) is 0 Å². The standard InChI is InChI=1S/C15H25BrN2O2/c1-5-6-18-10-11(16)7-13(18)14(20)17-9-12(19)8-15(2,3)4/h7,10,12,19H,5-6,8-9H2,1-4H3,(H,17,20). The molecular weight excluding hydrogens is 320 g/mol. The number of hydrogen-bond acceptors (Lipinski definition) is 2. The molecule has 1 heterocycles. The maximum absolute atomic E-state index is 12.2. The number of nitrogens with zero attached hydrogens (tertiary/aromatic N) is 1. The third kappa shape index (κ3) is 5.67. The molecule has 0 radical (unpaired) electrons. The molecule has 4 nitrogen and oxygen atoms in total. The van der Waals surface area contributed by atoms with Crippen LogP contribution in [0.15, 0.2) is 16.7 Å². The normalized spacial score (nSPS) is 13.3. The lowest BCUT2D eigenvalue weighted by Crippen LogP contribution is -2.35. The van der Waals surface area contributed by atoms with Gasteiger partial charge in [0.1, 0.15) is 5.69 Å². The maximum atomic E-state index is 12.2. The summed E-state index contributed by atoms with van der Waals surface area (Å²) in [5.74, 6) is -0.142. The maximum Gasteiger partial charge on any atom is 0.268 e. The first kappa shape index (κ1) is 17.2. The molecule has 1 amide bonds. The molecule has 5 heteroatoms. The van der Waals surface area contributed by atoms with E-state index in [1.165, 1.54) is 0 Å². The van der Waals surface area contributed by atoms with Crippen LogP contribution in [0.25, 0.3) is 0 Å². The Morgan fingerprint density at radius 1 is 1.50 bits per heavy atom. The van der Waals surface area contributed by atoms with Crippen LogP contribution in [0, 0.1) is 5.41 Å². The molecule has 0 saturated carbocycles. The fourth-order valence-electron chi connectivity index (χ4n) is 2.17. The number of aliphatic hydroxyl groups excluding tert-OH is 1. The van der Waals surface area contributed by atoms with E-state index in [4.69, 9.17) is 0 Å². The number of aliphatic hydroxyl groups is 1. The summed E-state index contributed by atoms with van der Waals surface area (Å²) in [7, 11) is 0. The lowest BCUT2D eigenvalue weighted by molar-refractivity contribution is 0.0860. The van der Waals surface area contributed by atoms with Gasteiger partial charge in [0.25, 0.3) is 5.91 Å². The first-order chi connectivity index (χ1) is 9.23. The van der Waals surface area contributed by atoms with Crippen LogP contribution in [0.1, 0.15) is 51.0 Å². The number of aryl methyl sites for hydroxylation is 1. The van der Waals surface area contributed by atoms with Gasteiger partial charge in [-0.1, -0.05) is 27.7 Å². The number of nitrogens with one attached hydrogen (secondary N) is 1. The summed E-state index contributed by atoms with van der Waals surface area (Å²) in [6.45, 7) is 9.37. The van der Waals surface area contributed by atoms with Gasteiger partial charge in [0.05, 0.1) is 6.10 Å². The predicted molar refractivity (Wildman–Crippen MR) is 84.8 cm³/mol. The monoisotopic (exact) mass is 344 g/mol. The van der Waals surface area contributed by atoms with Crippen molar-refractivity contribution in [2.45, 2.75) is 53.2 Å². The van der Waals surface area contributed by atoms with E-state index in [0.29, 0.717) is 12.1 Å². The fourth-order valence-corrected chi connectivity index (χ4v) is 2.64. The summed E-state index contributed by atoms with van der Waals surface area (Å²) < 4.78 is 2.82. The van der Waals surface area contributed by atoms with Crippen molar-refractivity contribution in [3.8, 4) is 0 Å². The van der Waals surface area contributed by atoms with Crippen LogP contribution < -0.4 is 5.32 Å². The van der Waals surface area contributed by atoms with Gasteiger partial charge in [-0.15, -0.1) is 0 Å². The second-order valence-corrected chi connectivity index (χ2v) is 7.28. The second kappa shape index (κ2) is 7.27. The van der Waals surface area contributed by atoms with Crippen molar-refractivity contribution < 1.29 is 9.90 Å². The van der Waals surface area contributed by atoms with Crippen LogP contribution in [0.5, 0.6) is 0 Å². The van der Waals surface area contributed by atoms with Gasteiger partial charge in [-0.2, -0.15) is 0 Å². The molecular formula is C15H25BrN2O2. The third-order valence-corrected chi connectivity index (χ3v) is 3.34. The number of amides is 1. The molecule has 0 spiro atoms. The molecule has 0 aliphatic rings. The van der Waals surface area contributed by atoms with Crippen LogP contribution in [0.2, 0.25) is 0 Å². The van der Waals surface area contributed by atoms with E-state index in [1.54, 1.807) is 6.07 Å². The van der Waals surface area contributed by atoms with Gasteiger partial charge in [0.15, 0.2) is 0 Å². The molecule has 0 saturated heterocycles. The zero-order valence-electron chi connectivity index (χ0n) is 12.7. The zero-order valence-corrected chi connectivity index (χ0v) is 14.3. The zero-order chi connectivity index (χ0) is 15.3. The number of rotatable bonds is 6. The Morgan fingerprint density at radius 3 is 2.70 bits per heavy atom. The van der Waals surface area contributed by atoms with E-state index in [0.717, 1.165) is 17.4 Å². The number of carbonyl (C=O) groups is 1. The highest BCUT2D eigenvalue weighted by atomic mass is 79.9. The molecule has 20 heavy (non-hydrogen) atoms. The first-order valence-electron chi connectivity index (χ1n) is 7.05. The van der Waals surface area contributed by atoms with E-state index in [-0.39, 0.29) is 17.9 Å². The van der Waals surface area contributed by atoms with Gasteiger partial charge < -0.3 is 15.0 Å². The van der Waals surface area contributed by atoms with Gasteiger partial charge in [-0.25, -0.2) is 0 Å². The van der Waals surface area contributed by atoms with Gasteiger partial charge in [-0.3, -0.25) is 4.79 Å². The topological polar surface area (TPSA) is 54.3 Å². The summed E-state index contributed by atoms with van der Waals surface area (Å²) in [4.78, 5) is 12.2. The van der Waals surface area contributed by atoms with Crippen molar-refractivity contribution in [1.82, 2.24) is 9.88 Å². The van der Waals surface area contributed by atoms with Crippen LogP contribution >= 0.6 is 15.9 Å². The number of carbonyl (C=O) groups excluding carboxylic acids is 1. The minimum Gasteiger partial charge on any atom is -0.391 e. The van der Waals surface area contributed by atoms with Gasteiger partial charge >= 0.3 is 0 Å². The Hall–Kier alpha value is -0.810. The van der Waals surface area contributed by atoms with E-state index in [9.17, 15) is 9.90 Å². The summed E-state index contributed by atoms with van der Waals surface area (Å²) in [6.07, 6.45) is 3.02. The quantitative estimate of drug-likeness (QED) is 0.832. The minimum atomic E-state index is -0.517. The van der Waals surface area contributed by atoms with Gasteiger partial charge in [-0.05, 0) is 40.3 Å². The Bertz CT molecular complexity index is 449. The van der Waals surface area contributed by atoms with E-state index in [1.807, 2.05) is 10.8 Å². The highest BCUT2D eigenvalue weighted by Gasteiger charge is 2.18. The molecule has 1 aromatic rings. The molecule has 0 bridgehead atoms. The summed E-state index contributed by atoms with van der Waals surface area (Å²) >= 11 is 3.39. The van der Waals surface area contributed by atoms with Gasteiger partial charge in [0.2, 0.25) is 0 Å². The van der Waals surface area contributed by atoms with Crippen LogP contribution in [0.4, 0.5) is 0 Å². The first-order valence-corrected chi connectivity index (χ1v) is 7.84. The number of halogens is 1. The molecule has 0 aromatic carbocycles. The largest absolute Gasteiger partial charge is 0.391 e. The second-order valence-electron chi connectivity index (χ2n) is 6.37. The molecule has 1 aromatic heterocycles. The van der Waals surface area contributed by atoms with E-state index in [2.05, 4.69) is 48.9 Å². The van der Waals surface area contributed by atoms with Crippen molar-refractivity contribution in [2.24, 2.45) is 5.41 Å². The molecule has 0 aliphatic heterocycles. The van der Waals surface area contributed by atoms with Crippen LogP contribution in [-0.2, 0) is 6.54 Å². The van der Waals surface area contributed by atoms with Crippen molar-refractivity contribution in [3.05, 3.63) is 22.4 Å². The molecule has 0 aliphatic carbocycles. The summed E-state index contributed by atoms with van der Waals surface area (Å²) in [5.41, 5.74) is 0.678. The minimum absolute atomic E-state index is 0.0512. The fraction of sp³-hybridized carbons (Fsp3) is 0.667. The van der Waals surface area contributed by atoms with E-state index >= 15 is 0 Å². The lowest BCUT2D eigenvalue weighted by atomic mass is 9.89. The molecule has 114 valence electrons. The van der Waals surface area contributed by atoms with E-state index < -0.39 is 6.10 Å². The lowest BCUT2D eigenvalue weighted by Gasteiger charge is -2.22. The number of hydrogen-bond donors (Lipinski definition) is 2. The average Bonchev–Trinajstić information content (AvgIpc) is 2.65. The average molecular weight is 345 g/mol. The number of aromatic nitrogens is 1. The Labute approximate surface area is 129 Å².